The number of amides is 2. The van der Waals surface area contributed by atoms with Gasteiger partial charge in [-0.2, -0.15) is 5.10 Å². The fraction of sp³-hybridized carbons (Fsp3) is 0.156. The molecule has 0 unspecified atom stereocenters. The molecule has 0 aliphatic carbocycles. The van der Waals surface area contributed by atoms with Gasteiger partial charge in [0.25, 0.3) is 11.8 Å². The van der Waals surface area contributed by atoms with Crippen molar-refractivity contribution in [3.63, 3.8) is 0 Å². The van der Waals surface area contributed by atoms with Crippen LogP contribution >= 0.6 is 45.8 Å². The number of hydrogen-bond acceptors (Lipinski definition) is 7. The van der Waals surface area contributed by atoms with Gasteiger partial charge in [-0.25, -0.2) is 5.43 Å². The minimum absolute atomic E-state index is 0.268. The Morgan fingerprint density at radius 2 is 1.68 bits per heavy atom. The maximum atomic E-state index is 12.8. The highest BCUT2D eigenvalue weighted by Gasteiger charge is 2.15. The molecule has 4 rings (SSSR count). The van der Waals surface area contributed by atoms with Crippen LogP contribution in [0.1, 0.15) is 28.4 Å². The molecule has 2 N–H and O–H groups in total. The first-order valence-electron chi connectivity index (χ1n) is 13.3. The molecule has 0 spiro atoms. The quantitative estimate of drug-likeness (QED) is 0.0841. The fourth-order valence-corrected chi connectivity index (χ4v) is 4.94. The number of rotatable bonds is 13. The Balaban J connectivity index is 1.36. The van der Waals surface area contributed by atoms with Crippen LogP contribution in [0.4, 0.5) is 5.69 Å². The summed E-state index contributed by atoms with van der Waals surface area (Å²) in [6, 6.07) is 22.9. The minimum Gasteiger partial charge on any atom is -0.493 e. The molecule has 0 aliphatic rings. The van der Waals surface area contributed by atoms with E-state index < -0.39 is 11.8 Å². The largest absolute Gasteiger partial charge is 0.493 e. The number of ether oxygens (including phenoxy) is 4. The van der Waals surface area contributed by atoms with Crippen LogP contribution in [0, 0.1) is 3.57 Å². The number of carbonyl (C=O) groups excluding carboxylic acids is 2. The van der Waals surface area contributed by atoms with E-state index in [1.54, 1.807) is 48.5 Å². The summed E-state index contributed by atoms with van der Waals surface area (Å²) in [4.78, 5) is 25.2. The monoisotopic (exact) mass is 747 g/mol. The van der Waals surface area contributed by atoms with Gasteiger partial charge in [0, 0.05) is 11.3 Å². The number of nitrogens with zero attached hydrogens (tertiary/aromatic N) is 1. The highest BCUT2D eigenvalue weighted by Crippen LogP contribution is 2.34. The molecule has 4 aromatic rings. The zero-order valence-corrected chi connectivity index (χ0v) is 27.4. The molecule has 12 heteroatoms. The smallest absolute Gasteiger partial charge is 0.271 e. The highest BCUT2D eigenvalue weighted by atomic mass is 127. The van der Waals surface area contributed by atoms with Crippen LogP contribution in [-0.2, 0) is 11.4 Å². The second-order valence-electron chi connectivity index (χ2n) is 9.07. The third-order valence-electron chi connectivity index (χ3n) is 5.93. The molecule has 0 aliphatic heterocycles. The summed E-state index contributed by atoms with van der Waals surface area (Å²) >= 11 is 14.0. The first-order valence-corrected chi connectivity index (χ1v) is 15.1. The maximum absolute atomic E-state index is 12.8. The van der Waals surface area contributed by atoms with E-state index in [-0.39, 0.29) is 6.61 Å². The lowest BCUT2D eigenvalue weighted by Crippen LogP contribution is -2.20. The van der Waals surface area contributed by atoms with Crippen molar-refractivity contribution < 1.29 is 28.5 Å². The van der Waals surface area contributed by atoms with Gasteiger partial charge < -0.3 is 24.3 Å². The average molecular weight is 748 g/mol. The molecule has 0 fully saturated rings. The van der Waals surface area contributed by atoms with Crippen LogP contribution in [0.5, 0.6) is 23.0 Å². The standard InChI is InChI=1S/C32H28Cl2IN3O6/c1-3-42-28-15-22(9-12-27(28)43-18-20-7-5-4-6-8-20)32(40)38-36-17-21-13-26(35)31(29(14-21)41-2)44-19-30(39)37-23-10-11-24(33)25(34)16-23/h4-17H,3,18-19H2,1-2H3,(H,37,39)(H,38,40)/b36-17+. The molecule has 0 heterocycles. The molecule has 228 valence electrons. The second-order valence-corrected chi connectivity index (χ2v) is 11.0. The number of halogens is 3. The zero-order valence-electron chi connectivity index (χ0n) is 23.7. The summed E-state index contributed by atoms with van der Waals surface area (Å²) in [5.41, 5.74) is 5.02. The molecule has 0 saturated heterocycles. The molecular weight excluding hydrogens is 720 g/mol. The summed E-state index contributed by atoms with van der Waals surface area (Å²) in [6.07, 6.45) is 1.48. The Labute approximate surface area is 278 Å². The molecule has 2 amide bonds. The van der Waals surface area contributed by atoms with Crippen molar-refractivity contribution in [2.24, 2.45) is 5.10 Å². The maximum Gasteiger partial charge on any atom is 0.271 e. The highest BCUT2D eigenvalue weighted by molar-refractivity contribution is 14.1. The minimum atomic E-state index is -0.425. The van der Waals surface area contributed by atoms with E-state index in [1.807, 2.05) is 37.3 Å². The number of benzene rings is 4. The Kier molecular flexibility index (Phi) is 12.1. The van der Waals surface area contributed by atoms with E-state index in [0.717, 1.165) is 5.56 Å². The number of carbonyl (C=O) groups is 2. The van der Waals surface area contributed by atoms with Gasteiger partial charge in [0.2, 0.25) is 0 Å². The molecule has 44 heavy (non-hydrogen) atoms. The summed E-state index contributed by atoms with van der Waals surface area (Å²) in [6.45, 7) is 2.37. The van der Waals surface area contributed by atoms with Crippen molar-refractivity contribution in [3.05, 3.63) is 109 Å². The Morgan fingerprint density at radius 1 is 0.886 bits per heavy atom. The predicted octanol–water partition coefficient (Wildman–Crippen LogP) is 7.37. The molecule has 0 saturated carbocycles. The summed E-state index contributed by atoms with van der Waals surface area (Å²) in [5, 5.41) is 7.51. The number of hydrogen-bond donors (Lipinski definition) is 2. The van der Waals surface area contributed by atoms with Gasteiger partial charge in [0.05, 0.1) is 33.5 Å². The van der Waals surface area contributed by atoms with Gasteiger partial charge in [-0.3, -0.25) is 9.59 Å². The lowest BCUT2D eigenvalue weighted by Gasteiger charge is -2.14. The molecule has 0 radical (unpaired) electrons. The van der Waals surface area contributed by atoms with Crippen LogP contribution in [0.3, 0.4) is 0 Å². The second kappa shape index (κ2) is 16.2. The van der Waals surface area contributed by atoms with Crippen molar-refractivity contribution in [1.29, 1.82) is 0 Å². The summed E-state index contributed by atoms with van der Waals surface area (Å²) < 4.78 is 23.5. The van der Waals surface area contributed by atoms with Crippen molar-refractivity contribution >= 4 is 69.5 Å². The van der Waals surface area contributed by atoms with Crippen molar-refractivity contribution in [2.75, 3.05) is 25.6 Å². The van der Waals surface area contributed by atoms with Crippen LogP contribution < -0.4 is 29.7 Å². The van der Waals surface area contributed by atoms with E-state index in [9.17, 15) is 9.59 Å². The third kappa shape index (κ3) is 9.25. The van der Waals surface area contributed by atoms with Crippen molar-refractivity contribution in [2.45, 2.75) is 13.5 Å². The topological polar surface area (TPSA) is 107 Å². The summed E-state index contributed by atoms with van der Waals surface area (Å²) in [5.74, 6) is 0.951. The van der Waals surface area contributed by atoms with Crippen LogP contribution in [0.2, 0.25) is 10.0 Å². The molecule has 0 bridgehead atoms. The van der Waals surface area contributed by atoms with Gasteiger partial charge in [-0.05, 0) is 89.2 Å². The van der Waals surface area contributed by atoms with Gasteiger partial charge in [0.15, 0.2) is 29.6 Å². The third-order valence-corrected chi connectivity index (χ3v) is 7.47. The van der Waals surface area contributed by atoms with Crippen molar-refractivity contribution in [1.82, 2.24) is 5.43 Å². The van der Waals surface area contributed by atoms with Gasteiger partial charge >= 0.3 is 0 Å². The SMILES string of the molecule is CCOc1cc(C(=O)N/N=C/c2cc(I)c(OCC(=O)Nc3ccc(Cl)c(Cl)c3)c(OC)c2)ccc1OCc1ccccc1. The molecule has 4 aromatic carbocycles. The number of methoxy groups -OCH3 is 1. The van der Waals surface area contributed by atoms with Crippen molar-refractivity contribution in [3.8, 4) is 23.0 Å². The van der Waals surface area contributed by atoms with Gasteiger partial charge in [0.1, 0.15) is 6.61 Å². The van der Waals surface area contributed by atoms with E-state index >= 15 is 0 Å². The first kappa shape index (κ1) is 32.9. The van der Waals surface area contributed by atoms with Gasteiger partial charge in [-0.15, -0.1) is 0 Å². The van der Waals surface area contributed by atoms with E-state index in [4.69, 9.17) is 42.1 Å². The van der Waals surface area contributed by atoms with Crippen LogP contribution in [0.15, 0.2) is 84.0 Å². The number of nitrogens with one attached hydrogen (secondary N) is 2. The predicted molar refractivity (Wildman–Crippen MR) is 180 cm³/mol. The normalized spacial score (nSPS) is 10.8. The Morgan fingerprint density at radius 3 is 2.41 bits per heavy atom. The number of anilines is 1. The Bertz CT molecular complexity index is 1650. The lowest BCUT2D eigenvalue weighted by atomic mass is 10.2. The Hall–Kier alpha value is -4.00. The average Bonchev–Trinajstić information content (AvgIpc) is 3.02. The first-order chi connectivity index (χ1) is 21.3. The molecule has 0 atom stereocenters. The van der Waals surface area contributed by atoms with Crippen LogP contribution in [0.25, 0.3) is 0 Å². The number of hydrazone groups is 1. The molecule has 0 aromatic heterocycles. The lowest BCUT2D eigenvalue weighted by molar-refractivity contribution is -0.118. The van der Waals surface area contributed by atoms with E-state index in [0.29, 0.717) is 66.6 Å². The van der Waals surface area contributed by atoms with E-state index in [1.165, 1.54) is 13.3 Å². The summed E-state index contributed by atoms with van der Waals surface area (Å²) in [7, 11) is 1.49. The van der Waals surface area contributed by atoms with E-state index in [2.05, 4.69) is 38.4 Å². The zero-order chi connectivity index (χ0) is 31.5. The fourth-order valence-electron chi connectivity index (χ4n) is 3.87. The van der Waals surface area contributed by atoms with Gasteiger partial charge in [-0.1, -0.05) is 53.5 Å². The van der Waals surface area contributed by atoms with Crippen LogP contribution in [-0.4, -0.2) is 38.4 Å². The molecule has 9 nitrogen and oxygen atoms in total. The molecular formula is C32H28Cl2IN3O6.